The summed E-state index contributed by atoms with van der Waals surface area (Å²) >= 11 is 6.78. The molecule has 1 aliphatic rings. The Morgan fingerprint density at radius 3 is 2.58 bits per heavy atom. The largest absolute Gasteiger partial charge is 0.317 e. The fourth-order valence-electron chi connectivity index (χ4n) is 2.05. The number of carbonyl (C=O) groups is 1. The highest BCUT2D eigenvalue weighted by molar-refractivity contribution is 9.11. The van der Waals surface area contributed by atoms with Gasteiger partial charge < -0.3 is 4.90 Å². The van der Waals surface area contributed by atoms with Crippen LogP contribution in [0.3, 0.4) is 0 Å². The number of rotatable bonds is 3. The number of hydrogen-bond acceptors (Lipinski definition) is 2. The maximum atomic E-state index is 12.7. The summed E-state index contributed by atoms with van der Waals surface area (Å²) in [6.45, 7) is 3.57. The molecule has 0 heterocycles. The van der Waals surface area contributed by atoms with Gasteiger partial charge in [-0.2, -0.15) is 5.26 Å². The second kappa shape index (κ2) is 5.26. The molecule has 19 heavy (non-hydrogen) atoms. The van der Waals surface area contributed by atoms with Crippen molar-refractivity contribution < 1.29 is 4.79 Å². The van der Waals surface area contributed by atoms with Crippen LogP contribution in [0.5, 0.6) is 0 Å². The van der Waals surface area contributed by atoms with Gasteiger partial charge in [-0.05, 0) is 60.8 Å². The molecule has 1 aliphatic carbocycles. The third-order valence-corrected chi connectivity index (χ3v) is 4.35. The van der Waals surface area contributed by atoms with E-state index in [1.165, 1.54) is 0 Å². The molecule has 1 saturated carbocycles. The molecular formula is C14H14Br2N2O. The van der Waals surface area contributed by atoms with Crippen LogP contribution in [0.15, 0.2) is 27.1 Å². The number of nitriles is 1. The zero-order valence-corrected chi connectivity index (χ0v) is 14.0. The first-order valence-electron chi connectivity index (χ1n) is 6.07. The number of carbonyl (C=O) groups excluding carboxylic acids is 1. The molecule has 3 nitrogen and oxygen atoms in total. The molecule has 0 N–H and O–H groups in total. The maximum Gasteiger partial charge on any atom is 0.256 e. The molecular weight excluding hydrogens is 372 g/mol. The zero-order chi connectivity index (χ0) is 14.2. The first kappa shape index (κ1) is 14.5. The Morgan fingerprint density at radius 2 is 2.05 bits per heavy atom. The molecule has 0 unspecified atom stereocenters. The van der Waals surface area contributed by atoms with Crippen LogP contribution in [0.4, 0.5) is 0 Å². The zero-order valence-electron chi connectivity index (χ0n) is 10.8. The second-order valence-electron chi connectivity index (χ2n) is 5.20. The Kier molecular flexibility index (Phi) is 4.03. The SMILES string of the molecule is CC(C)(C#N)N(C(=O)c1cc(Br)ccc1Br)C1CC1. The van der Waals surface area contributed by atoms with Gasteiger partial charge >= 0.3 is 0 Å². The minimum Gasteiger partial charge on any atom is -0.317 e. The van der Waals surface area contributed by atoms with Gasteiger partial charge in [0, 0.05) is 15.0 Å². The number of halogens is 2. The summed E-state index contributed by atoms with van der Waals surface area (Å²) in [7, 11) is 0. The molecule has 1 aromatic rings. The number of amides is 1. The number of nitrogens with zero attached hydrogens (tertiary/aromatic N) is 2. The van der Waals surface area contributed by atoms with E-state index in [9.17, 15) is 10.1 Å². The molecule has 1 fully saturated rings. The highest BCUT2D eigenvalue weighted by atomic mass is 79.9. The third-order valence-electron chi connectivity index (χ3n) is 3.17. The molecule has 1 amide bonds. The van der Waals surface area contributed by atoms with E-state index >= 15 is 0 Å². The standard InChI is InChI=1S/C14H14Br2N2O/c1-14(2,8-17)18(10-4-5-10)13(19)11-7-9(15)3-6-12(11)16/h3,6-7,10H,4-5H2,1-2H3. The lowest BCUT2D eigenvalue weighted by Crippen LogP contribution is -2.48. The lowest BCUT2D eigenvalue weighted by atomic mass is 10.0. The van der Waals surface area contributed by atoms with Crippen molar-refractivity contribution in [2.75, 3.05) is 0 Å². The van der Waals surface area contributed by atoms with Gasteiger partial charge in [0.25, 0.3) is 5.91 Å². The maximum absolute atomic E-state index is 12.7. The van der Waals surface area contributed by atoms with Gasteiger partial charge in [0.15, 0.2) is 0 Å². The minimum absolute atomic E-state index is 0.0952. The van der Waals surface area contributed by atoms with Crippen LogP contribution in [-0.2, 0) is 0 Å². The van der Waals surface area contributed by atoms with Crippen molar-refractivity contribution in [3.8, 4) is 6.07 Å². The van der Waals surface area contributed by atoms with Crippen LogP contribution in [0.25, 0.3) is 0 Å². The summed E-state index contributed by atoms with van der Waals surface area (Å²) in [5, 5.41) is 9.30. The summed E-state index contributed by atoms with van der Waals surface area (Å²) in [5.41, 5.74) is -0.204. The van der Waals surface area contributed by atoms with Crippen LogP contribution >= 0.6 is 31.9 Å². The number of hydrogen-bond donors (Lipinski definition) is 0. The molecule has 0 spiro atoms. The third kappa shape index (κ3) is 3.01. The van der Waals surface area contributed by atoms with Crippen LogP contribution in [-0.4, -0.2) is 22.4 Å². The Balaban J connectivity index is 2.41. The van der Waals surface area contributed by atoms with Gasteiger partial charge in [0.2, 0.25) is 0 Å². The lowest BCUT2D eigenvalue weighted by Gasteiger charge is -2.33. The first-order valence-corrected chi connectivity index (χ1v) is 7.65. The second-order valence-corrected chi connectivity index (χ2v) is 6.97. The van der Waals surface area contributed by atoms with Gasteiger partial charge in [-0.3, -0.25) is 4.79 Å². The van der Waals surface area contributed by atoms with E-state index < -0.39 is 5.54 Å². The van der Waals surface area contributed by atoms with Gasteiger partial charge in [-0.25, -0.2) is 0 Å². The Bertz CT molecular complexity index is 559. The highest BCUT2D eigenvalue weighted by Gasteiger charge is 2.42. The topological polar surface area (TPSA) is 44.1 Å². The predicted octanol–water partition coefficient (Wildman–Crippen LogP) is 4.12. The average molecular weight is 386 g/mol. The normalized spacial score (nSPS) is 14.9. The van der Waals surface area contributed by atoms with Gasteiger partial charge in [0.1, 0.15) is 5.54 Å². The van der Waals surface area contributed by atoms with Gasteiger partial charge in [-0.1, -0.05) is 15.9 Å². The summed E-state index contributed by atoms with van der Waals surface area (Å²) < 4.78 is 1.60. The van der Waals surface area contributed by atoms with E-state index in [1.807, 2.05) is 12.1 Å². The Hall–Kier alpha value is -0.860. The summed E-state index contributed by atoms with van der Waals surface area (Å²) in [6.07, 6.45) is 1.95. The molecule has 0 aromatic heterocycles. The molecule has 0 bridgehead atoms. The molecule has 0 radical (unpaired) electrons. The summed E-state index contributed by atoms with van der Waals surface area (Å²) in [4.78, 5) is 14.4. The Labute approximate surface area is 129 Å². The van der Waals surface area contributed by atoms with E-state index in [1.54, 1.807) is 24.8 Å². The highest BCUT2D eigenvalue weighted by Crippen LogP contribution is 2.35. The lowest BCUT2D eigenvalue weighted by molar-refractivity contribution is 0.0614. The fourth-order valence-corrected chi connectivity index (χ4v) is 2.83. The summed E-state index contributed by atoms with van der Waals surface area (Å²) in [5.74, 6) is -0.0952. The fraction of sp³-hybridized carbons (Fsp3) is 0.429. The number of benzene rings is 1. The smallest absolute Gasteiger partial charge is 0.256 e. The predicted molar refractivity (Wildman–Crippen MR) is 80.7 cm³/mol. The minimum atomic E-state index is -0.792. The van der Waals surface area contributed by atoms with E-state index in [2.05, 4.69) is 37.9 Å². The quantitative estimate of drug-likeness (QED) is 0.785. The Morgan fingerprint density at radius 1 is 1.42 bits per heavy atom. The van der Waals surface area contributed by atoms with Crippen LogP contribution in [0, 0.1) is 11.3 Å². The van der Waals surface area contributed by atoms with Crippen molar-refractivity contribution in [2.45, 2.75) is 38.3 Å². The first-order chi connectivity index (χ1) is 8.86. The van der Waals surface area contributed by atoms with Crippen LogP contribution in [0.1, 0.15) is 37.0 Å². The van der Waals surface area contributed by atoms with Crippen molar-refractivity contribution in [3.63, 3.8) is 0 Å². The van der Waals surface area contributed by atoms with Crippen LogP contribution in [0.2, 0.25) is 0 Å². The molecule has 1 aromatic carbocycles. The van der Waals surface area contributed by atoms with E-state index in [-0.39, 0.29) is 11.9 Å². The van der Waals surface area contributed by atoms with E-state index in [0.717, 1.165) is 21.8 Å². The molecule has 2 rings (SSSR count). The van der Waals surface area contributed by atoms with Crippen molar-refractivity contribution in [3.05, 3.63) is 32.7 Å². The van der Waals surface area contributed by atoms with Gasteiger partial charge in [-0.15, -0.1) is 0 Å². The monoisotopic (exact) mass is 384 g/mol. The average Bonchev–Trinajstić information content (AvgIpc) is 3.16. The van der Waals surface area contributed by atoms with Crippen LogP contribution < -0.4 is 0 Å². The van der Waals surface area contributed by atoms with E-state index in [4.69, 9.17) is 0 Å². The van der Waals surface area contributed by atoms with Crippen molar-refractivity contribution in [1.29, 1.82) is 5.26 Å². The van der Waals surface area contributed by atoms with Gasteiger partial charge in [0.05, 0.1) is 11.6 Å². The molecule has 0 saturated heterocycles. The van der Waals surface area contributed by atoms with Crippen molar-refractivity contribution in [2.24, 2.45) is 0 Å². The molecule has 0 aliphatic heterocycles. The molecule has 100 valence electrons. The summed E-state index contributed by atoms with van der Waals surface area (Å²) in [6, 6.07) is 7.91. The van der Waals surface area contributed by atoms with E-state index in [0.29, 0.717) is 5.56 Å². The molecule has 5 heteroatoms. The van der Waals surface area contributed by atoms with Crippen molar-refractivity contribution >= 4 is 37.8 Å². The molecule has 0 atom stereocenters. The van der Waals surface area contributed by atoms with Crippen molar-refractivity contribution in [1.82, 2.24) is 4.90 Å².